The van der Waals surface area contributed by atoms with Gasteiger partial charge in [0, 0.05) is 31.2 Å². The normalized spacial score (nSPS) is 23.7. The minimum absolute atomic E-state index is 0. The number of hydrogen-bond acceptors (Lipinski definition) is 3. The number of benzene rings is 1. The van der Waals surface area contributed by atoms with Crippen molar-refractivity contribution in [1.29, 1.82) is 0 Å². The molecule has 25 heavy (non-hydrogen) atoms. The van der Waals surface area contributed by atoms with E-state index in [2.05, 4.69) is 20.5 Å². The zero-order chi connectivity index (χ0) is 16.8. The summed E-state index contributed by atoms with van der Waals surface area (Å²) in [6.45, 7) is 6.81. The van der Waals surface area contributed by atoms with Gasteiger partial charge in [0.05, 0.1) is 19.3 Å². The lowest BCUT2D eigenvalue weighted by Crippen LogP contribution is -2.51. The van der Waals surface area contributed by atoms with E-state index in [0.29, 0.717) is 30.7 Å². The molecule has 2 fully saturated rings. The molecule has 140 valence electrons. The smallest absolute Gasteiger partial charge is 0.191 e. The SMILES string of the molecule is CCNC(=NCc1ccccc1F)NCC1CN2CCCC2CO1.I. The molecule has 2 unspecified atom stereocenters. The van der Waals surface area contributed by atoms with E-state index in [9.17, 15) is 4.39 Å². The lowest BCUT2D eigenvalue weighted by atomic mass is 10.2. The number of guanidine groups is 1. The fourth-order valence-electron chi connectivity index (χ4n) is 3.35. The number of nitrogens with zero attached hydrogens (tertiary/aromatic N) is 2. The Balaban J connectivity index is 0.00000225. The van der Waals surface area contributed by atoms with Gasteiger partial charge in [0.2, 0.25) is 0 Å². The van der Waals surface area contributed by atoms with Crippen molar-refractivity contribution in [2.45, 2.75) is 38.5 Å². The zero-order valence-corrected chi connectivity index (χ0v) is 17.0. The van der Waals surface area contributed by atoms with Crippen LogP contribution in [-0.2, 0) is 11.3 Å². The highest BCUT2D eigenvalue weighted by Crippen LogP contribution is 2.22. The highest BCUT2D eigenvalue weighted by atomic mass is 127. The van der Waals surface area contributed by atoms with Crippen LogP contribution in [-0.4, -0.2) is 55.8 Å². The maximum absolute atomic E-state index is 13.7. The first kappa shape index (κ1) is 20.4. The lowest BCUT2D eigenvalue weighted by Gasteiger charge is -2.35. The third kappa shape index (κ3) is 5.79. The van der Waals surface area contributed by atoms with Crippen LogP contribution in [0.4, 0.5) is 4.39 Å². The first-order valence-corrected chi connectivity index (χ1v) is 8.87. The van der Waals surface area contributed by atoms with Crippen LogP contribution < -0.4 is 10.6 Å². The van der Waals surface area contributed by atoms with Gasteiger partial charge in [-0.05, 0) is 32.4 Å². The van der Waals surface area contributed by atoms with Gasteiger partial charge < -0.3 is 15.4 Å². The van der Waals surface area contributed by atoms with Gasteiger partial charge in [-0.15, -0.1) is 24.0 Å². The standard InChI is InChI=1S/C18H27FN4O.HI/c1-2-20-18(21-10-14-6-3-4-8-17(14)19)22-11-16-12-23-9-5-7-15(23)13-24-16;/h3-4,6,8,15-16H,2,5,7,9-13H2,1H3,(H2,20,21,22);1H. The molecule has 0 aliphatic carbocycles. The molecule has 2 aliphatic rings. The predicted octanol–water partition coefficient (Wildman–Crippen LogP) is 2.36. The number of hydrogen-bond donors (Lipinski definition) is 2. The van der Waals surface area contributed by atoms with E-state index in [1.165, 1.54) is 25.5 Å². The van der Waals surface area contributed by atoms with Gasteiger partial charge in [0.25, 0.3) is 0 Å². The molecule has 1 aromatic rings. The summed E-state index contributed by atoms with van der Waals surface area (Å²) in [6, 6.07) is 7.37. The quantitative estimate of drug-likeness (QED) is 0.401. The van der Waals surface area contributed by atoms with Crippen LogP contribution in [0, 0.1) is 5.82 Å². The summed E-state index contributed by atoms with van der Waals surface area (Å²) < 4.78 is 19.6. The molecule has 7 heteroatoms. The van der Waals surface area contributed by atoms with Crippen LogP contribution in [0.1, 0.15) is 25.3 Å². The molecule has 0 amide bonds. The largest absolute Gasteiger partial charge is 0.373 e. The third-order valence-electron chi connectivity index (χ3n) is 4.67. The fourth-order valence-corrected chi connectivity index (χ4v) is 3.35. The number of ether oxygens (including phenoxy) is 1. The van der Waals surface area contributed by atoms with Crippen LogP contribution in [0.5, 0.6) is 0 Å². The average Bonchev–Trinajstić information content (AvgIpc) is 3.06. The highest BCUT2D eigenvalue weighted by Gasteiger charge is 2.32. The zero-order valence-electron chi connectivity index (χ0n) is 14.7. The van der Waals surface area contributed by atoms with Crippen LogP contribution in [0.25, 0.3) is 0 Å². The lowest BCUT2D eigenvalue weighted by molar-refractivity contribution is -0.0453. The summed E-state index contributed by atoms with van der Waals surface area (Å²) in [7, 11) is 0. The predicted molar refractivity (Wildman–Crippen MR) is 109 cm³/mol. The molecule has 0 radical (unpaired) electrons. The van der Waals surface area contributed by atoms with Gasteiger partial charge in [0.1, 0.15) is 5.82 Å². The number of morpholine rings is 1. The van der Waals surface area contributed by atoms with Crippen molar-refractivity contribution in [2.24, 2.45) is 4.99 Å². The Morgan fingerprint density at radius 3 is 3.00 bits per heavy atom. The molecule has 2 heterocycles. The summed E-state index contributed by atoms with van der Waals surface area (Å²) in [5, 5.41) is 6.53. The molecule has 2 saturated heterocycles. The molecule has 0 spiro atoms. The van der Waals surface area contributed by atoms with Gasteiger partial charge in [-0.1, -0.05) is 18.2 Å². The van der Waals surface area contributed by atoms with E-state index in [4.69, 9.17) is 4.74 Å². The summed E-state index contributed by atoms with van der Waals surface area (Å²) in [6.07, 6.45) is 2.71. The van der Waals surface area contributed by atoms with Gasteiger partial charge in [-0.3, -0.25) is 4.90 Å². The van der Waals surface area contributed by atoms with Crippen molar-refractivity contribution in [2.75, 3.05) is 32.8 Å². The molecule has 2 atom stereocenters. The van der Waals surface area contributed by atoms with Crippen molar-refractivity contribution < 1.29 is 9.13 Å². The minimum atomic E-state index is -0.215. The van der Waals surface area contributed by atoms with Crippen LogP contribution in [0.2, 0.25) is 0 Å². The number of fused-ring (bicyclic) bond motifs is 1. The van der Waals surface area contributed by atoms with Gasteiger partial charge >= 0.3 is 0 Å². The molecule has 1 aromatic carbocycles. The van der Waals surface area contributed by atoms with Gasteiger partial charge in [-0.25, -0.2) is 9.38 Å². The van der Waals surface area contributed by atoms with Gasteiger partial charge in [-0.2, -0.15) is 0 Å². The summed E-state index contributed by atoms with van der Waals surface area (Å²) in [5.74, 6) is 0.487. The summed E-state index contributed by atoms with van der Waals surface area (Å²) >= 11 is 0. The topological polar surface area (TPSA) is 48.9 Å². The molecular weight excluding hydrogens is 434 g/mol. The molecule has 5 nitrogen and oxygen atoms in total. The molecule has 0 aromatic heterocycles. The molecular formula is C18H28FIN4O. The van der Waals surface area contributed by atoms with Crippen molar-refractivity contribution in [3.05, 3.63) is 35.6 Å². The van der Waals surface area contributed by atoms with E-state index >= 15 is 0 Å². The first-order chi connectivity index (χ1) is 11.8. The molecule has 2 aliphatic heterocycles. The van der Waals surface area contributed by atoms with Crippen LogP contribution in [0.15, 0.2) is 29.3 Å². The Kier molecular flexibility index (Phi) is 8.38. The first-order valence-electron chi connectivity index (χ1n) is 8.87. The third-order valence-corrected chi connectivity index (χ3v) is 4.67. The maximum atomic E-state index is 13.7. The number of rotatable bonds is 5. The van der Waals surface area contributed by atoms with E-state index in [0.717, 1.165) is 19.7 Å². The fraction of sp³-hybridized carbons (Fsp3) is 0.611. The number of halogens is 2. The maximum Gasteiger partial charge on any atom is 0.191 e. The molecule has 3 rings (SSSR count). The average molecular weight is 462 g/mol. The Morgan fingerprint density at radius 1 is 1.36 bits per heavy atom. The Bertz CT molecular complexity index is 572. The number of nitrogens with one attached hydrogen (secondary N) is 2. The highest BCUT2D eigenvalue weighted by molar-refractivity contribution is 14.0. The van der Waals surface area contributed by atoms with E-state index in [-0.39, 0.29) is 35.9 Å². The second kappa shape index (κ2) is 10.3. The van der Waals surface area contributed by atoms with E-state index in [1.54, 1.807) is 12.1 Å². The molecule has 0 bridgehead atoms. The van der Waals surface area contributed by atoms with Crippen molar-refractivity contribution in [1.82, 2.24) is 15.5 Å². The minimum Gasteiger partial charge on any atom is -0.373 e. The van der Waals surface area contributed by atoms with Crippen molar-refractivity contribution in [3.63, 3.8) is 0 Å². The van der Waals surface area contributed by atoms with E-state index < -0.39 is 0 Å². The van der Waals surface area contributed by atoms with Crippen molar-refractivity contribution >= 4 is 29.9 Å². The number of aliphatic imine (C=N–C) groups is 1. The van der Waals surface area contributed by atoms with Crippen molar-refractivity contribution in [3.8, 4) is 0 Å². The van der Waals surface area contributed by atoms with E-state index in [1.807, 2.05) is 13.0 Å². The second-order valence-corrected chi connectivity index (χ2v) is 6.41. The van der Waals surface area contributed by atoms with Crippen LogP contribution >= 0.6 is 24.0 Å². The van der Waals surface area contributed by atoms with Gasteiger partial charge in [0.15, 0.2) is 5.96 Å². The van der Waals surface area contributed by atoms with Crippen LogP contribution in [0.3, 0.4) is 0 Å². The molecule has 2 N–H and O–H groups in total. The Hall–Kier alpha value is -0.930. The second-order valence-electron chi connectivity index (χ2n) is 6.41. The molecule has 0 saturated carbocycles. The Morgan fingerprint density at radius 2 is 2.20 bits per heavy atom. The Labute approximate surface area is 166 Å². The summed E-state index contributed by atoms with van der Waals surface area (Å²) in [5.41, 5.74) is 0.600. The summed E-state index contributed by atoms with van der Waals surface area (Å²) in [4.78, 5) is 7.01. The monoisotopic (exact) mass is 462 g/mol.